The first-order valence-electron chi connectivity index (χ1n) is 15.8. The number of nitriles is 2. The summed E-state index contributed by atoms with van der Waals surface area (Å²) in [6.45, 7) is 3.53. The minimum atomic E-state index is -0.0905. The van der Waals surface area contributed by atoms with Gasteiger partial charge in [0.25, 0.3) is 0 Å². The Kier molecular flexibility index (Phi) is 9.20. The zero-order chi connectivity index (χ0) is 32.0. The predicted molar refractivity (Wildman–Crippen MR) is 173 cm³/mol. The van der Waals surface area contributed by atoms with Crippen LogP contribution in [-0.4, -0.2) is 76.7 Å². The van der Waals surface area contributed by atoms with Gasteiger partial charge in [-0.15, -0.1) is 0 Å². The van der Waals surface area contributed by atoms with E-state index in [1.807, 2.05) is 54.7 Å². The summed E-state index contributed by atoms with van der Waals surface area (Å²) in [7, 11) is 2.01. The number of H-pyrrole nitrogens is 2. The van der Waals surface area contributed by atoms with Gasteiger partial charge >= 0.3 is 0 Å². The number of likely N-dealkylation sites (N-methyl/N-ethyl adjacent to an activating group) is 1. The Balaban J connectivity index is 0.000000162. The number of aromatic amines is 2. The van der Waals surface area contributed by atoms with Crippen molar-refractivity contribution in [2.45, 2.75) is 64.0 Å². The van der Waals surface area contributed by atoms with E-state index in [0.29, 0.717) is 24.8 Å². The Hall–Kier alpha value is -5.30. The molecule has 236 valence electrons. The number of nitrogens with one attached hydrogen (secondary N) is 2. The molecule has 1 saturated heterocycles. The van der Waals surface area contributed by atoms with Crippen molar-refractivity contribution in [2.75, 3.05) is 25.0 Å². The van der Waals surface area contributed by atoms with Crippen LogP contribution in [0.15, 0.2) is 49.6 Å². The second-order valence-electron chi connectivity index (χ2n) is 12.2. The van der Waals surface area contributed by atoms with Gasteiger partial charge in [0.2, 0.25) is 5.91 Å². The molecule has 3 atom stereocenters. The lowest BCUT2D eigenvalue weighted by Gasteiger charge is -2.42. The van der Waals surface area contributed by atoms with Gasteiger partial charge in [-0.05, 0) is 43.2 Å². The summed E-state index contributed by atoms with van der Waals surface area (Å²) in [5.41, 5.74) is 3.48. The van der Waals surface area contributed by atoms with Gasteiger partial charge in [-0.2, -0.15) is 15.6 Å². The number of piperidine rings is 1. The van der Waals surface area contributed by atoms with Crippen molar-refractivity contribution in [1.82, 2.24) is 44.6 Å². The van der Waals surface area contributed by atoms with Crippen molar-refractivity contribution in [3.05, 3.63) is 49.6 Å². The summed E-state index contributed by atoms with van der Waals surface area (Å²) in [6, 6.07) is 8.55. The molecule has 0 aromatic carbocycles. The molecule has 1 aliphatic heterocycles. The minimum absolute atomic E-state index is 0.0552. The average Bonchev–Trinajstić information content (AvgIpc) is 3.91. The third kappa shape index (κ3) is 6.26. The van der Waals surface area contributed by atoms with Crippen molar-refractivity contribution in [2.24, 2.45) is 11.8 Å². The lowest BCUT2D eigenvalue weighted by atomic mass is 9.92. The van der Waals surface area contributed by atoms with Gasteiger partial charge in [0, 0.05) is 49.7 Å². The SMILES string of the molecule is C[C@@H]1CCN(C(=O)CC#N)C[C@@H]1N(C)c1ncnc2[nH]ccc12.N#CC[C@H](C1CCCC1)n1cc(-c2ncnc3[nH]ccc23)cn1. The van der Waals surface area contributed by atoms with Gasteiger partial charge in [-0.1, -0.05) is 19.8 Å². The highest BCUT2D eigenvalue weighted by atomic mass is 16.2. The van der Waals surface area contributed by atoms with Gasteiger partial charge in [-0.3, -0.25) is 9.48 Å². The summed E-state index contributed by atoms with van der Waals surface area (Å²) < 4.78 is 1.97. The second-order valence-corrected chi connectivity index (χ2v) is 12.2. The molecule has 0 spiro atoms. The van der Waals surface area contributed by atoms with Crippen LogP contribution in [0.1, 0.15) is 57.9 Å². The highest BCUT2D eigenvalue weighted by molar-refractivity contribution is 5.90. The van der Waals surface area contributed by atoms with Gasteiger partial charge in [-0.25, -0.2) is 19.9 Å². The number of nitrogens with zero attached hydrogens (tertiary/aromatic N) is 10. The first-order chi connectivity index (χ1) is 22.5. The third-order valence-electron chi connectivity index (χ3n) is 9.48. The van der Waals surface area contributed by atoms with E-state index >= 15 is 0 Å². The van der Waals surface area contributed by atoms with E-state index in [0.717, 1.165) is 52.1 Å². The van der Waals surface area contributed by atoms with Crippen LogP contribution < -0.4 is 4.90 Å². The molecule has 46 heavy (non-hydrogen) atoms. The van der Waals surface area contributed by atoms with Crippen molar-refractivity contribution in [3.8, 4) is 23.4 Å². The van der Waals surface area contributed by atoms with E-state index in [-0.39, 0.29) is 24.4 Å². The Bertz CT molecular complexity index is 1870. The zero-order valence-electron chi connectivity index (χ0n) is 26.2. The first-order valence-corrected chi connectivity index (χ1v) is 15.8. The van der Waals surface area contributed by atoms with E-state index in [1.165, 1.54) is 25.7 Å². The Morgan fingerprint density at radius 1 is 1.02 bits per heavy atom. The Morgan fingerprint density at radius 3 is 2.48 bits per heavy atom. The Labute approximate surface area is 267 Å². The summed E-state index contributed by atoms with van der Waals surface area (Å²) >= 11 is 0. The molecule has 5 aromatic heterocycles. The number of anilines is 1. The number of aromatic nitrogens is 8. The number of hydrogen-bond acceptors (Lipinski definition) is 9. The van der Waals surface area contributed by atoms with Crippen molar-refractivity contribution < 1.29 is 4.79 Å². The van der Waals surface area contributed by atoms with Crippen molar-refractivity contribution in [3.63, 3.8) is 0 Å². The number of carbonyl (C=O) groups is 1. The standard InChI is InChI=1S/C17H18N6.C16H20N6O/c18-7-5-15(12-3-1-2-4-12)23-10-13(9-22-23)16-14-6-8-19-17(14)21-11-20-16;1-11-5-8-22(14(23)3-6-17)9-13(11)21(2)16-12-4-7-18-15(12)19-10-20-16/h6,8-12,15H,1-5H2,(H,19,20,21);4,7,10-11,13H,3,5,8-9H2,1-2H3,(H,18,19,20)/t15-;11-,13+/m11/s1. The molecule has 1 aliphatic carbocycles. The normalized spacial score (nSPS) is 18.9. The molecule has 0 bridgehead atoms. The smallest absolute Gasteiger partial charge is 0.236 e. The summed E-state index contributed by atoms with van der Waals surface area (Å²) in [5.74, 6) is 1.77. The summed E-state index contributed by atoms with van der Waals surface area (Å²) in [5, 5.41) is 24.4. The van der Waals surface area contributed by atoms with Crippen LogP contribution in [0.5, 0.6) is 0 Å². The molecule has 0 unspecified atom stereocenters. The Morgan fingerprint density at radius 2 is 1.74 bits per heavy atom. The fourth-order valence-electron chi connectivity index (χ4n) is 6.91. The number of rotatable bonds is 7. The first kappa shape index (κ1) is 30.7. The fourth-order valence-corrected chi connectivity index (χ4v) is 6.91. The van der Waals surface area contributed by atoms with Gasteiger partial charge < -0.3 is 19.8 Å². The summed E-state index contributed by atoms with van der Waals surface area (Å²) in [4.78, 5) is 39.5. The topological polar surface area (TPSA) is 172 Å². The number of carbonyl (C=O) groups excluding carboxylic acids is 1. The molecule has 2 aliphatic rings. The molecule has 13 heteroatoms. The molecule has 6 heterocycles. The van der Waals surface area contributed by atoms with E-state index in [9.17, 15) is 10.1 Å². The molecular weight excluding hydrogens is 580 g/mol. The second kappa shape index (κ2) is 13.8. The maximum atomic E-state index is 12.0. The highest BCUT2D eigenvalue weighted by Gasteiger charge is 2.32. The van der Waals surface area contributed by atoms with Crippen LogP contribution in [0.4, 0.5) is 5.82 Å². The van der Waals surface area contributed by atoms with Crippen LogP contribution in [0, 0.1) is 34.5 Å². The average molecular weight is 619 g/mol. The summed E-state index contributed by atoms with van der Waals surface area (Å²) in [6.07, 6.45) is 17.0. The van der Waals surface area contributed by atoms with Crippen molar-refractivity contribution in [1.29, 1.82) is 10.5 Å². The predicted octanol–water partition coefficient (Wildman–Crippen LogP) is 5.01. The quantitative estimate of drug-likeness (QED) is 0.254. The molecule has 5 aromatic rings. The molecular formula is C33H38N12O. The number of hydrogen-bond donors (Lipinski definition) is 2. The molecule has 7 rings (SSSR count). The lowest BCUT2D eigenvalue weighted by molar-refractivity contribution is -0.131. The zero-order valence-corrected chi connectivity index (χ0v) is 26.2. The van der Waals surface area contributed by atoms with Gasteiger partial charge in [0.15, 0.2) is 0 Å². The maximum absolute atomic E-state index is 12.0. The van der Waals surface area contributed by atoms with Crippen LogP contribution >= 0.6 is 0 Å². The van der Waals surface area contributed by atoms with E-state index < -0.39 is 0 Å². The highest BCUT2D eigenvalue weighted by Crippen LogP contribution is 2.37. The van der Waals surface area contributed by atoms with Crippen LogP contribution in [-0.2, 0) is 4.79 Å². The fraction of sp³-hybridized carbons (Fsp3) is 0.455. The van der Waals surface area contributed by atoms with Crippen molar-refractivity contribution >= 4 is 33.8 Å². The number of amides is 1. The van der Waals surface area contributed by atoms with Gasteiger partial charge in [0.1, 0.15) is 36.2 Å². The van der Waals surface area contributed by atoms with Gasteiger partial charge in [0.05, 0.1) is 47.9 Å². The maximum Gasteiger partial charge on any atom is 0.236 e. The minimum Gasteiger partial charge on any atom is -0.354 e. The molecule has 13 nitrogen and oxygen atoms in total. The van der Waals surface area contributed by atoms with E-state index in [4.69, 9.17) is 5.26 Å². The van der Waals surface area contributed by atoms with E-state index in [1.54, 1.807) is 17.6 Å². The number of fused-ring (bicyclic) bond motifs is 2. The molecule has 1 saturated carbocycles. The molecule has 0 radical (unpaired) electrons. The third-order valence-corrected chi connectivity index (χ3v) is 9.48. The van der Waals surface area contributed by atoms with Crippen LogP contribution in [0.2, 0.25) is 0 Å². The molecule has 2 N–H and O–H groups in total. The largest absolute Gasteiger partial charge is 0.354 e. The lowest BCUT2D eigenvalue weighted by Crippen LogP contribution is -2.52. The molecule has 1 amide bonds. The van der Waals surface area contributed by atoms with Crippen LogP contribution in [0.25, 0.3) is 33.3 Å². The van der Waals surface area contributed by atoms with E-state index in [2.05, 4.69) is 52.9 Å². The number of likely N-dealkylation sites (tertiary alicyclic amines) is 1. The van der Waals surface area contributed by atoms with Crippen LogP contribution in [0.3, 0.4) is 0 Å². The molecule has 2 fully saturated rings. The monoisotopic (exact) mass is 618 g/mol.